The lowest BCUT2D eigenvalue weighted by atomic mass is 9.98. The van der Waals surface area contributed by atoms with Gasteiger partial charge in [-0.1, -0.05) is 0 Å². The number of anilines is 2. The van der Waals surface area contributed by atoms with Gasteiger partial charge in [0.2, 0.25) is 5.78 Å². The molecule has 2 aliphatic rings. The van der Waals surface area contributed by atoms with Crippen LogP contribution in [-0.4, -0.2) is 58.2 Å². The van der Waals surface area contributed by atoms with Crippen LogP contribution < -0.4 is 15.0 Å². The minimum atomic E-state index is -0.931. The molecule has 0 spiro atoms. The van der Waals surface area contributed by atoms with E-state index in [1.54, 1.807) is 42.9 Å². The Balaban J connectivity index is 1.55. The number of hydrogen-bond donors (Lipinski definition) is 1. The summed E-state index contributed by atoms with van der Waals surface area (Å²) in [6.45, 7) is 5.98. The topological polar surface area (TPSA) is 98.1 Å². The lowest BCUT2D eigenvalue weighted by Gasteiger charge is -2.30. The summed E-state index contributed by atoms with van der Waals surface area (Å²) in [5.74, 6) is 0.0637. The van der Waals surface area contributed by atoms with Gasteiger partial charge >= 0.3 is 0 Å². The monoisotopic (exact) mass is 407 g/mol. The summed E-state index contributed by atoms with van der Waals surface area (Å²) in [7, 11) is 0. The highest BCUT2D eigenvalue weighted by Gasteiger charge is 2.41. The molecule has 154 valence electrons. The fraction of sp³-hybridized carbons (Fsp3) is 0.333. The lowest BCUT2D eigenvalue weighted by molar-refractivity contribution is 0.0684. The van der Waals surface area contributed by atoms with Gasteiger partial charge in [0.25, 0.3) is 5.91 Å². The molecule has 1 aromatic carbocycles. The molecule has 2 aromatic heterocycles. The average molecular weight is 407 g/mol. The summed E-state index contributed by atoms with van der Waals surface area (Å²) in [4.78, 5) is 32.2. The van der Waals surface area contributed by atoms with E-state index in [2.05, 4.69) is 20.3 Å². The summed E-state index contributed by atoms with van der Waals surface area (Å²) in [5, 5.41) is 7.15. The summed E-state index contributed by atoms with van der Waals surface area (Å²) in [6, 6.07) is 5.28. The number of benzene rings is 1. The van der Waals surface area contributed by atoms with Crippen molar-refractivity contribution in [2.45, 2.75) is 19.4 Å². The second-order valence-corrected chi connectivity index (χ2v) is 7.81. The number of amides is 1. The fourth-order valence-electron chi connectivity index (χ4n) is 3.82. The van der Waals surface area contributed by atoms with E-state index in [1.807, 2.05) is 6.07 Å². The van der Waals surface area contributed by atoms with Crippen LogP contribution in [0.5, 0.6) is 5.75 Å². The second kappa shape index (κ2) is 6.81. The number of morpholine rings is 1. The van der Waals surface area contributed by atoms with Gasteiger partial charge in [0.1, 0.15) is 11.3 Å². The molecule has 1 fully saturated rings. The van der Waals surface area contributed by atoms with Crippen molar-refractivity contribution in [2.24, 2.45) is 0 Å². The van der Waals surface area contributed by atoms with Gasteiger partial charge in [0, 0.05) is 31.5 Å². The summed E-state index contributed by atoms with van der Waals surface area (Å²) in [5.41, 5.74) is 1.76. The lowest BCUT2D eigenvalue weighted by Crippen LogP contribution is -2.37. The molecule has 1 saturated heterocycles. The van der Waals surface area contributed by atoms with Crippen LogP contribution >= 0.6 is 0 Å². The van der Waals surface area contributed by atoms with Crippen LogP contribution in [0, 0.1) is 0 Å². The van der Waals surface area contributed by atoms with Gasteiger partial charge in [-0.15, -0.1) is 0 Å². The zero-order valence-corrected chi connectivity index (χ0v) is 16.7. The highest BCUT2D eigenvalue weighted by atomic mass is 16.5. The van der Waals surface area contributed by atoms with E-state index in [0.717, 1.165) is 5.69 Å². The Hall–Kier alpha value is -3.46. The number of carbonyl (C=O) groups excluding carboxylic acids is 2. The van der Waals surface area contributed by atoms with E-state index in [4.69, 9.17) is 9.47 Å². The maximum atomic E-state index is 13.1. The molecule has 0 atom stereocenters. The zero-order valence-electron chi connectivity index (χ0n) is 16.7. The molecule has 0 bridgehead atoms. The molecule has 9 nitrogen and oxygen atoms in total. The molecular formula is C21H21N5O4. The molecule has 0 unspecified atom stereocenters. The minimum Gasteiger partial charge on any atom is -0.479 e. The van der Waals surface area contributed by atoms with Gasteiger partial charge < -0.3 is 19.7 Å². The first-order chi connectivity index (χ1) is 14.4. The number of rotatable bonds is 3. The van der Waals surface area contributed by atoms with Crippen LogP contribution in [0.2, 0.25) is 0 Å². The van der Waals surface area contributed by atoms with Gasteiger partial charge in [-0.2, -0.15) is 5.10 Å². The van der Waals surface area contributed by atoms with Crippen LogP contribution in [0.3, 0.4) is 0 Å². The second-order valence-electron chi connectivity index (χ2n) is 7.81. The molecule has 30 heavy (non-hydrogen) atoms. The number of ether oxygens (including phenoxy) is 2. The highest BCUT2D eigenvalue weighted by molar-refractivity contribution is 6.12. The standard InChI is InChI=1S/C21H21N5O4/c1-21(2)18(27)13-10-16(25-6-8-29-9-7-25)15(11-17(13)30-21)24-20(28)14-12-23-26-5-3-4-22-19(14)26/h3-5,10-12H,6-9H2,1-2H3,(H,24,28). The molecule has 4 heterocycles. The zero-order chi connectivity index (χ0) is 20.9. The van der Waals surface area contributed by atoms with Crippen molar-refractivity contribution in [3.63, 3.8) is 0 Å². The van der Waals surface area contributed by atoms with Crippen LogP contribution in [0.1, 0.15) is 34.6 Å². The SMILES string of the molecule is CC1(C)Oc2cc(NC(=O)c3cnn4cccnc34)c(N3CCOCC3)cc2C1=O. The maximum Gasteiger partial charge on any atom is 0.261 e. The minimum absolute atomic E-state index is 0.0725. The van der Waals surface area contributed by atoms with Crippen LogP contribution in [-0.2, 0) is 4.74 Å². The predicted octanol–water partition coefficient (Wildman–Crippen LogP) is 2.17. The molecule has 2 aliphatic heterocycles. The number of aromatic nitrogens is 3. The first kappa shape index (κ1) is 18.6. The normalized spacial score (nSPS) is 17.7. The highest BCUT2D eigenvalue weighted by Crippen LogP contribution is 2.41. The Labute approximate surface area is 172 Å². The van der Waals surface area contributed by atoms with Crippen LogP contribution in [0.4, 0.5) is 11.4 Å². The van der Waals surface area contributed by atoms with E-state index in [-0.39, 0.29) is 11.7 Å². The van der Waals surface area contributed by atoms with Crippen LogP contribution in [0.15, 0.2) is 36.8 Å². The summed E-state index contributed by atoms with van der Waals surface area (Å²) < 4.78 is 12.9. The average Bonchev–Trinajstić information content (AvgIpc) is 3.27. The van der Waals surface area contributed by atoms with Gasteiger partial charge in [-0.3, -0.25) is 9.59 Å². The Morgan fingerprint density at radius 1 is 1.23 bits per heavy atom. The fourth-order valence-corrected chi connectivity index (χ4v) is 3.82. The summed E-state index contributed by atoms with van der Waals surface area (Å²) >= 11 is 0. The van der Waals surface area contributed by atoms with Crippen molar-refractivity contribution in [2.75, 3.05) is 36.5 Å². The molecule has 9 heteroatoms. The van der Waals surface area contributed by atoms with Crippen molar-refractivity contribution in [3.05, 3.63) is 47.9 Å². The molecule has 1 amide bonds. The number of Topliss-reactive ketones (excluding diaryl/α,β-unsaturated/α-hetero) is 1. The Bertz CT molecular complexity index is 1160. The molecule has 1 N–H and O–H groups in total. The van der Waals surface area contributed by atoms with E-state index in [0.29, 0.717) is 54.5 Å². The molecule has 0 aliphatic carbocycles. The van der Waals surface area contributed by atoms with Gasteiger partial charge in [-0.25, -0.2) is 9.50 Å². The Morgan fingerprint density at radius 3 is 2.83 bits per heavy atom. The smallest absolute Gasteiger partial charge is 0.261 e. The number of hydrogen-bond acceptors (Lipinski definition) is 7. The number of carbonyl (C=O) groups is 2. The van der Waals surface area contributed by atoms with Crippen molar-refractivity contribution < 1.29 is 19.1 Å². The molecular weight excluding hydrogens is 386 g/mol. The predicted molar refractivity (Wildman–Crippen MR) is 109 cm³/mol. The molecule has 3 aromatic rings. The van der Waals surface area contributed by atoms with Crippen molar-refractivity contribution in [3.8, 4) is 5.75 Å². The quantitative estimate of drug-likeness (QED) is 0.710. The third kappa shape index (κ3) is 2.98. The molecule has 5 rings (SSSR count). The number of nitrogens with one attached hydrogen (secondary N) is 1. The van der Waals surface area contributed by atoms with Crippen molar-refractivity contribution in [1.82, 2.24) is 14.6 Å². The largest absolute Gasteiger partial charge is 0.479 e. The Kier molecular flexibility index (Phi) is 4.21. The van der Waals surface area contributed by atoms with Crippen molar-refractivity contribution >= 4 is 28.7 Å². The van der Waals surface area contributed by atoms with Gasteiger partial charge in [0.05, 0.1) is 36.3 Å². The summed E-state index contributed by atoms with van der Waals surface area (Å²) in [6.07, 6.45) is 4.83. The van der Waals surface area contributed by atoms with E-state index in [1.165, 1.54) is 6.20 Å². The van der Waals surface area contributed by atoms with Crippen molar-refractivity contribution in [1.29, 1.82) is 0 Å². The maximum absolute atomic E-state index is 13.1. The molecule has 0 radical (unpaired) electrons. The van der Waals surface area contributed by atoms with Gasteiger partial charge in [-0.05, 0) is 26.0 Å². The first-order valence-electron chi connectivity index (χ1n) is 9.78. The van der Waals surface area contributed by atoms with Gasteiger partial charge in [0.15, 0.2) is 11.2 Å². The van der Waals surface area contributed by atoms with Crippen LogP contribution in [0.25, 0.3) is 5.65 Å². The number of nitrogens with zero attached hydrogens (tertiary/aromatic N) is 4. The van der Waals surface area contributed by atoms with E-state index in [9.17, 15) is 9.59 Å². The van der Waals surface area contributed by atoms with E-state index >= 15 is 0 Å². The van der Waals surface area contributed by atoms with E-state index < -0.39 is 5.60 Å². The first-order valence-corrected chi connectivity index (χ1v) is 9.78. The third-order valence-electron chi connectivity index (χ3n) is 5.38. The third-order valence-corrected chi connectivity index (χ3v) is 5.38. The Morgan fingerprint density at radius 2 is 2.03 bits per heavy atom. The number of fused-ring (bicyclic) bond motifs is 2. The number of ketones is 1. The molecule has 0 saturated carbocycles.